The molecule has 0 spiro atoms. The van der Waals surface area contributed by atoms with Crippen molar-refractivity contribution < 1.29 is 19.1 Å². The fourth-order valence-electron chi connectivity index (χ4n) is 1.65. The molecule has 1 saturated heterocycles. The first-order chi connectivity index (χ1) is 8.17. The van der Waals surface area contributed by atoms with E-state index in [1.807, 2.05) is 6.92 Å². The van der Waals surface area contributed by atoms with E-state index in [4.69, 9.17) is 9.47 Å². The molecule has 98 valence electrons. The lowest BCUT2D eigenvalue weighted by Crippen LogP contribution is -2.31. The molecule has 5 nitrogen and oxygen atoms in total. The van der Waals surface area contributed by atoms with E-state index in [9.17, 15) is 9.59 Å². The van der Waals surface area contributed by atoms with Crippen molar-refractivity contribution >= 4 is 12.1 Å². The maximum Gasteiger partial charge on any atom is 0.409 e. The van der Waals surface area contributed by atoms with Crippen LogP contribution in [0.5, 0.6) is 0 Å². The molecule has 1 unspecified atom stereocenters. The molecule has 5 heteroatoms. The zero-order valence-corrected chi connectivity index (χ0v) is 10.6. The molecule has 0 aromatic rings. The smallest absolute Gasteiger partial charge is 0.409 e. The number of hydrogen-bond acceptors (Lipinski definition) is 4. The quantitative estimate of drug-likeness (QED) is 0.547. The van der Waals surface area contributed by atoms with E-state index < -0.39 is 0 Å². The molecule has 0 aromatic carbocycles. The van der Waals surface area contributed by atoms with Gasteiger partial charge < -0.3 is 14.4 Å². The number of rotatable bonds is 5. The van der Waals surface area contributed by atoms with Crippen LogP contribution in [0.3, 0.4) is 0 Å². The summed E-state index contributed by atoms with van der Waals surface area (Å²) in [5.74, 6) is -0.212. The summed E-state index contributed by atoms with van der Waals surface area (Å²) in [4.78, 5) is 24.3. The summed E-state index contributed by atoms with van der Waals surface area (Å²) >= 11 is 0. The van der Waals surface area contributed by atoms with E-state index in [0.717, 1.165) is 12.8 Å². The lowest BCUT2D eigenvalue weighted by atomic mass is 10.3. The average molecular weight is 243 g/mol. The van der Waals surface area contributed by atoms with Crippen molar-refractivity contribution in [1.29, 1.82) is 0 Å². The largest absolute Gasteiger partial charge is 0.460 e. The molecule has 1 atom stereocenters. The van der Waals surface area contributed by atoms with Crippen LogP contribution in [0.4, 0.5) is 4.79 Å². The molecule has 1 aliphatic heterocycles. The Morgan fingerprint density at radius 3 is 2.76 bits per heavy atom. The minimum Gasteiger partial charge on any atom is -0.460 e. The molecule has 1 rings (SSSR count). The van der Waals surface area contributed by atoms with Crippen LogP contribution in [0.1, 0.15) is 39.5 Å². The van der Waals surface area contributed by atoms with Gasteiger partial charge in [-0.05, 0) is 6.42 Å². The molecule has 1 heterocycles. The van der Waals surface area contributed by atoms with Gasteiger partial charge in [0.05, 0.1) is 13.2 Å². The molecular formula is C12H21NO4. The van der Waals surface area contributed by atoms with E-state index in [1.165, 1.54) is 0 Å². The Morgan fingerprint density at radius 1 is 1.35 bits per heavy atom. The Bertz CT molecular complexity index is 267. The highest BCUT2D eigenvalue weighted by Gasteiger charge is 2.29. The topological polar surface area (TPSA) is 55.8 Å². The van der Waals surface area contributed by atoms with Gasteiger partial charge in [0.2, 0.25) is 0 Å². The monoisotopic (exact) mass is 243 g/mol. The van der Waals surface area contributed by atoms with Crippen molar-refractivity contribution in [1.82, 2.24) is 4.90 Å². The van der Waals surface area contributed by atoms with Gasteiger partial charge in [-0.2, -0.15) is 0 Å². The van der Waals surface area contributed by atoms with Crippen LogP contribution in [0.2, 0.25) is 0 Å². The van der Waals surface area contributed by atoms with Crippen LogP contribution in [-0.4, -0.2) is 42.8 Å². The molecule has 1 amide bonds. The van der Waals surface area contributed by atoms with Gasteiger partial charge in [0, 0.05) is 19.4 Å². The van der Waals surface area contributed by atoms with Crippen molar-refractivity contribution in [2.24, 2.45) is 0 Å². The first-order valence-corrected chi connectivity index (χ1v) is 6.28. The van der Waals surface area contributed by atoms with Crippen LogP contribution < -0.4 is 0 Å². The zero-order chi connectivity index (χ0) is 12.7. The van der Waals surface area contributed by atoms with Crippen molar-refractivity contribution in [3.63, 3.8) is 0 Å². The highest BCUT2D eigenvalue weighted by molar-refractivity contribution is 5.70. The lowest BCUT2D eigenvalue weighted by Gasteiger charge is -2.16. The van der Waals surface area contributed by atoms with E-state index in [1.54, 1.807) is 11.8 Å². The summed E-state index contributed by atoms with van der Waals surface area (Å²) < 4.78 is 10.3. The second-order valence-electron chi connectivity index (χ2n) is 4.17. The van der Waals surface area contributed by atoms with E-state index in [2.05, 4.69) is 0 Å². The maximum atomic E-state index is 11.6. The van der Waals surface area contributed by atoms with Crippen LogP contribution in [0.15, 0.2) is 0 Å². The number of likely N-dealkylation sites (tertiary alicyclic amines) is 1. The molecule has 0 aromatic heterocycles. The first-order valence-electron chi connectivity index (χ1n) is 6.28. The Morgan fingerprint density at radius 2 is 2.12 bits per heavy atom. The van der Waals surface area contributed by atoms with Gasteiger partial charge in [-0.25, -0.2) is 4.79 Å². The molecule has 0 bridgehead atoms. The zero-order valence-electron chi connectivity index (χ0n) is 10.6. The summed E-state index contributed by atoms with van der Waals surface area (Å²) in [6.07, 6.45) is 2.50. The van der Waals surface area contributed by atoms with Crippen LogP contribution >= 0.6 is 0 Å². The highest BCUT2D eigenvalue weighted by atomic mass is 16.6. The van der Waals surface area contributed by atoms with Gasteiger partial charge in [0.15, 0.2) is 0 Å². The summed E-state index contributed by atoms with van der Waals surface area (Å²) in [7, 11) is 0. The predicted octanol–water partition coefficient (Wildman–Crippen LogP) is 1.95. The minimum absolute atomic E-state index is 0.166. The second-order valence-corrected chi connectivity index (χ2v) is 4.17. The first kappa shape index (κ1) is 13.8. The Labute approximate surface area is 102 Å². The van der Waals surface area contributed by atoms with Crippen molar-refractivity contribution in [3.05, 3.63) is 0 Å². The Balaban J connectivity index is 2.24. The predicted molar refractivity (Wildman–Crippen MR) is 62.6 cm³/mol. The van der Waals surface area contributed by atoms with Gasteiger partial charge in [0.1, 0.15) is 6.10 Å². The number of unbranched alkanes of at least 4 members (excludes halogenated alkanes) is 1. The Hall–Kier alpha value is -1.26. The number of esters is 1. The average Bonchev–Trinajstić information content (AvgIpc) is 2.77. The number of ether oxygens (including phenoxy) is 2. The fraction of sp³-hybridized carbons (Fsp3) is 0.833. The summed E-state index contributed by atoms with van der Waals surface area (Å²) in [6, 6.07) is 0. The molecule has 0 N–H and O–H groups in total. The third-order valence-corrected chi connectivity index (χ3v) is 2.71. The third-order valence-electron chi connectivity index (χ3n) is 2.71. The van der Waals surface area contributed by atoms with Crippen molar-refractivity contribution in [3.8, 4) is 0 Å². The standard InChI is InChI=1S/C12H21NO4/c1-3-5-8-16-12(15)13-7-6-10(9-13)17-11(14)4-2/h10H,3-9H2,1-2H3. The van der Waals surface area contributed by atoms with Crippen molar-refractivity contribution in [2.45, 2.75) is 45.6 Å². The normalized spacial score (nSPS) is 19.2. The molecular weight excluding hydrogens is 222 g/mol. The number of nitrogens with zero attached hydrogens (tertiary/aromatic N) is 1. The summed E-state index contributed by atoms with van der Waals surface area (Å²) in [6.45, 7) is 5.33. The van der Waals surface area contributed by atoms with Gasteiger partial charge in [-0.1, -0.05) is 20.3 Å². The molecule has 0 radical (unpaired) electrons. The van der Waals surface area contributed by atoms with Crippen LogP contribution in [-0.2, 0) is 14.3 Å². The molecule has 1 aliphatic rings. The maximum absolute atomic E-state index is 11.6. The molecule has 0 aliphatic carbocycles. The van der Waals surface area contributed by atoms with E-state index >= 15 is 0 Å². The lowest BCUT2D eigenvalue weighted by molar-refractivity contribution is -0.147. The number of hydrogen-bond donors (Lipinski definition) is 0. The van der Waals surface area contributed by atoms with Crippen LogP contribution in [0.25, 0.3) is 0 Å². The third kappa shape index (κ3) is 4.63. The number of carbonyl (C=O) groups is 2. The van der Waals surface area contributed by atoms with Gasteiger partial charge in [0.25, 0.3) is 0 Å². The van der Waals surface area contributed by atoms with Crippen LogP contribution in [0, 0.1) is 0 Å². The minimum atomic E-state index is -0.298. The highest BCUT2D eigenvalue weighted by Crippen LogP contribution is 2.14. The molecule has 17 heavy (non-hydrogen) atoms. The second kappa shape index (κ2) is 7.14. The number of carbonyl (C=O) groups excluding carboxylic acids is 2. The summed E-state index contributed by atoms with van der Waals surface area (Å²) in [5, 5.41) is 0. The van der Waals surface area contributed by atoms with E-state index in [-0.39, 0.29) is 18.2 Å². The SMILES string of the molecule is CCCCOC(=O)N1CCC(OC(=O)CC)C1. The number of amides is 1. The molecule has 1 fully saturated rings. The van der Waals surface area contributed by atoms with Gasteiger partial charge in [-0.15, -0.1) is 0 Å². The molecule has 0 saturated carbocycles. The van der Waals surface area contributed by atoms with E-state index in [0.29, 0.717) is 32.5 Å². The fourth-order valence-corrected chi connectivity index (χ4v) is 1.65. The van der Waals surface area contributed by atoms with Crippen molar-refractivity contribution in [2.75, 3.05) is 19.7 Å². The van der Waals surface area contributed by atoms with Gasteiger partial charge in [-0.3, -0.25) is 4.79 Å². The Kier molecular flexibility index (Phi) is 5.80. The summed E-state index contributed by atoms with van der Waals surface area (Å²) in [5.41, 5.74) is 0. The van der Waals surface area contributed by atoms with Gasteiger partial charge >= 0.3 is 12.1 Å².